The van der Waals surface area contributed by atoms with Gasteiger partial charge in [-0.05, 0) is 80.9 Å². The first kappa shape index (κ1) is 25.5. The van der Waals surface area contributed by atoms with Gasteiger partial charge in [-0.25, -0.2) is 0 Å². The Balaban J connectivity index is 0.000000355. The second-order valence-corrected chi connectivity index (χ2v) is 7.81. The lowest BCUT2D eigenvalue weighted by molar-refractivity contribution is 0.0820. The van der Waals surface area contributed by atoms with Gasteiger partial charge in [-0.2, -0.15) is 0 Å². The van der Waals surface area contributed by atoms with Crippen molar-refractivity contribution in [1.29, 1.82) is 0 Å². The third-order valence-corrected chi connectivity index (χ3v) is 5.37. The zero-order valence-corrected chi connectivity index (χ0v) is 19.8. The molecule has 29 heavy (non-hydrogen) atoms. The molecule has 1 heterocycles. The van der Waals surface area contributed by atoms with Crippen LogP contribution in [0.4, 0.5) is 0 Å². The molecule has 2 aromatic rings. The predicted octanol–water partition coefficient (Wildman–Crippen LogP) is 5.88. The number of hydrogen-bond acceptors (Lipinski definition) is 4. The van der Waals surface area contributed by atoms with Crippen molar-refractivity contribution >= 4 is 34.1 Å². The molecule has 1 aliphatic rings. The first-order valence-electron chi connectivity index (χ1n) is 9.77. The van der Waals surface area contributed by atoms with Crippen molar-refractivity contribution in [1.82, 2.24) is 4.90 Å². The van der Waals surface area contributed by atoms with Gasteiger partial charge in [-0.15, -0.1) is 12.4 Å². The molecule has 0 aromatic heterocycles. The van der Waals surface area contributed by atoms with E-state index in [1.807, 2.05) is 48.5 Å². The molecule has 0 radical (unpaired) electrons. The van der Waals surface area contributed by atoms with Gasteiger partial charge in [0.15, 0.2) is 5.78 Å². The summed E-state index contributed by atoms with van der Waals surface area (Å²) in [5, 5.41) is 0. The number of carbonyl (C=O) groups excluding carboxylic acids is 1. The normalized spacial score (nSPS) is 16.1. The Hall–Kier alpha value is -1.56. The van der Waals surface area contributed by atoms with Gasteiger partial charge in [0, 0.05) is 22.5 Å². The van der Waals surface area contributed by atoms with Crippen molar-refractivity contribution < 1.29 is 14.3 Å². The summed E-state index contributed by atoms with van der Waals surface area (Å²) < 4.78 is 11.1. The lowest BCUT2D eigenvalue weighted by Gasteiger charge is -2.31. The maximum absolute atomic E-state index is 12.5. The van der Waals surface area contributed by atoms with Gasteiger partial charge in [0.05, 0.1) is 14.2 Å². The molecule has 3 rings (SSSR count). The molecular weight excluding hydrogens is 454 g/mol. The van der Waals surface area contributed by atoms with Crippen LogP contribution in [0.2, 0.25) is 0 Å². The van der Waals surface area contributed by atoms with Crippen LogP contribution in [0.3, 0.4) is 0 Å². The minimum Gasteiger partial charge on any atom is -0.497 e. The number of methoxy groups -OCH3 is 2. The number of rotatable bonds is 6. The number of nitrogens with zero attached hydrogens (tertiary/aromatic N) is 1. The first-order chi connectivity index (χ1) is 13.6. The van der Waals surface area contributed by atoms with Crippen LogP contribution in [0.15, 0.2) is 53.0 Å². The number of ether oxygens (including phenoxy) is 2. The van der Waals surface area contributed by atoms with Gasteiger partial charge in [0.25, 0.3) is 0 Å². The van der Waals surface area contributed by atoms with Crippen LogP contribution in [-0.4, -0.2) is 44.5 Å². The molecular formula is C23H31BrClNO3. The van der Waals surface area contributed by atoms with Crippen LogP contribution in [-0.2, 0) is 0 Å². The summed E-state index contributed by atoms with van der Waals surface area (Å²) in [6.07, 6.45) is 3.31. The maximum Gasteiger partial charge on any atom is 0.167 e. The van der Waals surface area contributed by atoms with E-state index in [0.717, 1.165) is 60.4 Å². The van der Waals surface area contributed by atoms with Gasteiger partial charge >= 0.3 is 0 Å². The fourth-order valence-corrected chi connectivity index (χ4v) is 3.61. The van der Waals surface area contributed by atoms with Gasteiger partial charge in [0.2, 0.25) is 0 Å². The van der Waals surface area contributed by atoms with E-state index < -0.39 is 0 Å². The van der Waals surface area contributed by atoms with Crippen molar-refractivity contribution in [2.45, 2.75) is 26.2 Å². The fourth-order valence-electron chi connectivity index (χ4n) is 3.35. The Morgan fingerprint density at radius 1 is 1.03 bits per heavy atom. The highest BCUT2D eigenvalue weighted by molar-refractivity contribution is 9.10. The van der Waals surface area contributed by atoms with Crippen molar-refractivity contribution in [3.8, 4) is 11.5 Å². The summed E-state index contributed by atoms with van der Waals surface area (Å²) in [6.45, 7) is 5.35. The standard InChI is InChI=1S/C16H23NO2.C7H7BrO.ClH/c1-3-10-17-11-4-5-14(12-17)16(18)13-6-8-15(19-2)9-7-13;1-9-7-4-2-6(8)3-5-7;/h6-9,14H,3-5,10-12H2,1-2H3;2-5H,1H3;1H. The topological polar surface area (TPSA) is 38.8 Å². The van der Waals surface area contributed by atoms with E-state index >= 15 is 0 Å². The molecule has 160 valence electrons. The minimum absolute atomic E-state index is 0. The highest BCUT2D eigenvalue weighted by Gasteiger charge is 2.26. The van der Waals surface area contributed by atoms with E-state index in [1.165, 1.54) is 0 Å². The third-order valence-electron chi connectivity index (χ3n) is 4.84. The molecule has 0 bridgehead atoms. The summed E-state index contributed by atoms with van der Waals surface area (Å²) in [4.78, 5) is 14.9. The Kier molecular flexibility index (Phi) is 12.0. The van der Waals surface area contributed by atoms with Gasteiger partial charge < -0.3 is 14.4 Å². The maximum atomic E-state index is 12.5. The SMILES string of the molecule is CCCN1CCCC(C(=O)c2ccc(OC)cc2)C1.COc1ccc(Br)cc1.Cl. The smallest absolute Gasteiger partial charge is 0.167 e. The van der Waals surface area contributed by atoms with Crippen LogP contribution < -0.4 is 9.47 Å². The quantitative estimate of drug-likeness (QED) is 0.480. The number of likely N-dealkylation sites (tertiary alicyclic amines) is 1. The van der Waals surface area contributed by atoms with E-state index in [1.54, 1.807) is 14.2 Å². The van der Waals surface area contributed by atoms with E-state index in [-0.39, 0.29) is 24.1 Å². The number of piperidine rings is 1. The largest absolute Gasteiger partial charge is 0.497 e. The molecule has 1 saturated heterocycles. The van der Waals surface area contributed by atoms with Crippen molar-refractivity contribution in [3.63, 3.8) is 0 Å². The van der Waals surface area contributed by atoms with Crippen LogP contribution in [0.5, 0.6) is 11.5 Å². The van der Waals surface area contributed by atoms with Gasteiger partial charge in [-0.3, -0.25) is 4.79 Å². The van der Waals surface area contributed by atoms with Crippen molar-refractivity contribution in [3.05, 3.63) is 58.6 Å². The van der Waals surface area contributed by atoms with E-state index in [0.29, 0.717) is 0 Å². The van der Waals surface area contributed by atoms with Gasteiger partial charge in [0.1, 0.15) is 11.5 Å². The summed E-state index contributed by atoms with van der Waals surface area (Å²) in [5.74, 6) is 2.13. The number of ketones is 1. The van der Waals surface area contributed by atoms with Crippen LogP contribution in [0, 0.1) is 5.92 Å². The molecule has 4 nitrogen and oxygen atoms in total. The van der Waals surface area contributed by atoms with Crippen LogP contribution >= 0.6 is 28.3 Å². The summed E-state index contributed by atoms with van der Waals surface area (Å²) in [6, 6.07) is 15.2. The number of benzene rings is 2. The second kappa shape index (κ2) is 13.6. The summed E-state index contributed by atoms with van der Waals surface area (Å²) in [7, 11) is 3.30. The first-order valence-corrected chi connectivity index (χ1v) is 10.6. The third kappa shape index (κ3) is 8.37. The zero-order chi connectivity index (χ0) is 20.4. The lowest BCUT2D eigenvalue weighted by atomic mass is 9.90. The summed E-state index contributed by atoms with van der Waals surface area (Å²) >= 11 is 3.32. The van der Waals surface area contributed by atoms with E-state index in [2.05, 4.69) is 27.8 Å². The average Bonchev–Trinajstić information content (AvgIpc) is 2.75. The predicted molar refractivity (Wildman–Crippen MR) is 125 cm³/mol. The second-order valence-electron chi connectivity index (χ2n) is 6.89. The molecule has 0 aliphatic carbocycles. The molecule has 0 amide bonds. The average molecular weight is 485 g/mol. The lowest BCUT2D eigenvalue weighted by Crippen LogP contribution is -2.39. The highest BCUT2D eigenvalue weighted by Crippen LogP contribution is 2.22. The summed E-state index contributed by atoms with van der Waals surface area (Å²) in [5.41, 5.74) is 0.809. The van der Waals surface area contributed by atoms with Gasteiger partial charge in [-0.1, -0.05) is 22.9 Å². The zero-order valence-electron chi connectivity index (χ0n) is 17.4. The van der Waals surface area contributed by atoms with Crippen LogP contribution in [0.25, 0.3) is 0 Å². The molecule has 0 N–H and O–H groups in total. The molecule has 0 spiro atoms. The van der Waals surface area contributed by atoms with Crippen molar-refractivity contribution in [2.75, 3.05) is 33.9 Å². The Bertz CT molecular complexity index is 720. The number of hydrogen-bond donors (Lipinski definition) is 0. The number of halogens is 2. The highest BCUT2D eigenvalue weighted by atomic mass is 79.9. The molecule has 1 fully saturated rings. The number of Topliss-reactive ketones (excluding diaryl/α,β-unsaturated/α-hetero) is 1. The molecule has 1 unspecified atom stereocenters. The van der Waals surface area contributed by atoms with E-state index in [9.17, 15) is 4.79 Å². The fraction of sp³-hybridized carbons (Fsp3) is 0.435. The monoisotopic (exact) mass is 483 g/mol. The molecule has 0 saturated carbocycles. The Morgan fingerprint density at radius 3 is 2.10 bits per heavy atom. The van der Waals surface area contributed by atoms with Crippen LogP contribution in [0.1, 0.15) is 36.5 Å². The molecule has 2 aromatic carbocycles. The minimum atomic E-state index is 0. The molecule has 6 heteroatoms. The number of carbonyl (C=O) groups is 1. The Labute approximate surface area is 189 Å². The van der Waals surface area contributed by atoms with E-state index in [4.69, 9.17) is 9.47 Å². The van der Waals surface area contributed by atoms with Crippen molar-refractivity contribution in [2.24, 2.45) is 5.92 Å². The Morgan fingerprint density at radius 2 is 1.59 bits per heavy atom. The molecule has 1 aliphatic heterocycles. The molecule has 1 atom stereocenters.